The van der Waals surface area contributed by atoms with Gasteiger partial charge in [0.05, 0.1) is 6.61 Å². The third-order valence-corrected chi connectivity index (χ3v) is 5.95. The SMILES string of the molecule is CN=C(NCc1ccccc1OCC1CC1)NCC1(CCOC)CCCC1. The Hall–Kier alpha value is -1.75. The van der Waals surface area contributed by atoms with Crippen molar-refractivity contribution in [3.8, 4) is 5.75 Å². The Kier molecular flexibility index (Phi) is 7.39. The highest BCUT2D eigenvalue weighted by Crippen LogP contribution is 2.40. The fraction of sp³-hybridized carbons (Fsp3) is 0.682. The number of guanidine groups is 1. The smallest absolute Gasteiger partial charge is 0.191 e. The van der Waals surface area contributed by atoms with Gasteiger partial charge in [0.25, 0.3) is 0 Å². The molecule has 3 rings (SSSR count). The average Bonchev–Trinajstić information content (AvgIpc) is 3.42. The van der Waals surface area contributed by atoms with E-state index in [9.17, 15) is 0 Å². The van der Waals surface area contributed by atoms with Gasteiger partial charge in [-0.25, -0.2) is 0 Å². The van der Waals surface area contributed by atoms with Crippen molar-refractivity contribution in [2.45, 2.75) is 51.5 Å². The molecule has 1 aromatic carbocycles. The number of methoxy groups -OCH3 is 1. The minimum absolute atomic E-state index is 0.346. The second-order valence-electron chi connectivity index (χ2n) is 8.09. The predicted molar refractivity (Wildman–Crippen MR) is 110 cm³/mol. The largest absolute Gasteiger partial charge is 0.493 e. The Labute approximate surface area is 163 Å². The van der Waals surface area contributed by atoms with Crippen molar-refractivity contribution in [2.24, 2.45) is 16.3 Å². The molecule has 5 heteroatoms. The molecular formula is C22H35N3O2. The van der Waals surface area contributed by atoms with Gasteiger partial charge in [0.15, 0.2) is 5.96 Å². The van der Waals surface area contributed by atoms with Crippen LogP contribution in [0.3, 0.4) is 0 Å². The number of ether oxygens (including phenoxy) is 2. The summed E-state index contributed by atoms with van der Waals surface area (Å²) in [6, 6.07) is 8.29. The Balaban J connectivity index is 1.50. The van der Waals surface area contributed by atoms with Crippen molar-refractivity contribution in [1.82, 2.24) is 10.6 Å². The molecule has 2 fully saturated rings. The van der Waals surface area contributed by atoms with Gasteiger partial charge in [0.2, 0.25) is 0 Å². The zero-order chi connectivity index (χ0) is 19.0. The number of nitrogens with one attached hydrogen (secondary N) is 2. The minimum Gasteiger partial charge on any atom is -0.493 e. The predicted octanol–water partition coefficient (Wildman–Crippen LogP) is 3.74. The molecule has 0 radical (unpaired) electrons. The summed E-state index contributed by atoms with van der Waals surface area (Å²) in [4.78, 5) is 4.41. The van der Waals surface area contributed by atoms with Crippen LogP contribution in [0, 0.1) is 11.3 Å². The van der Waals surface area contributed by atoms with E-state index in [1.165, 1.54) is 44.1 Å². The number of nitrogens with zero attached hydrogens (tertiary/aromatic N) is 1. The quantitative estimate of drug-likeness (QED) is 0.485. The van der Waals surface area contributed by atoms with E-state index < -0.39 is 0 Å². The maximum absolute atomic E-state index is 6.01. The van der Waals surface area contributed by atoms with Crippen LogP contribution in [0.1, 0.15) is 50.5 Å². The van der Waals surface area contributed by atoms with Crippen LogP contribution in [-0.2, 0) is 11.3 Å². The highest BCUT2D eigenvalue weighted by atomic mass is 16.5. The number of aliphatic imine (C=N–C) groups is 1. The summed E-state index contributed by atoms with van der Waals surface area (Å²) in [6.07, 6.45) is 8.93. The Bertz CT molecular complexity index is 607. The van der Waals surface area contributed by atoms with Gasteiger partial charge < -0.3 is 20.1 Å². The number of hydrogen-bond acceptors (Lipinski definition) is 3. The zero-order valence-electron chi connectivity index (χ0n) is 16.9. The van der Waals surface area contributed by atoms with Crippen molar-refractivity contribution in [3.05, 3.63) is 29.8 Å². The normalized spacial score (nSPS) is 19.1. The van der Waals surface area contributed by atoms with E-state index in [4.69, 9.17) is 9.47 Å². The molecular weight excluding hydrogens is 338 g/mol. The highest BCUT2D eigenvalue weighted by Gasteiger charge is 2.33. The lowest BCUT2D eigenvalue weighted by Crippen LogP contribution is -2.43. The molecule has 2 saturated carbocycles. The van der Waals surface area contributed by atoms with Crippen molar-refractivity contribution in [1.29, 1.82) is 0 Å². The standard InChI is InChI=1S/C22H35N3O2/c1-23-21(25-17-22(13-14-26-2)11-5-6-12-22)24-15-19-7-3-4-8-20(19)27-16-18-9-10-18/h3-4,7-8,18H,5-6,9-17H2,1-2H3,(H2,23,24,25). The molecule has 2 N–H and O–H groups in total. The van der Waals surface area contributed by atoms with Crippen molar-refractivity contribution >= 4 is 5.96 Å². The lowest BCUT2D eigenvalue weighted by Gasteiger charge is -2.30. The summed E-state index contributed by atoms with van der Waals surface area (Å²) >= 11 is 0. The summed E-state index contributed by atoms with van der Waals surface area (Å²) in [5.41, 5.74) is 1.52. The minimum atomic E-state index is 0.346. The molecule has 0 spiro atoms. The van der Waals surface area contributed by atoms with Crippen LogP contribution >= 0.6 is 0 Å². The zero-order valence-corrected chi connectivity index (χ0v) is 16.9. The van der Waals surface area contributed by atoms with Crippen molar-refractivity contribution in [3.63, 3.8) is 0 Å². The summed E-state index contributed by atoms with van der Waals surface area (Å²) in [6.45, 7) is 3.34. The van der Waals surface area contributed by atoms with Crippen molar-refractivity contribution < 1.29 is 9.47 Å². The van der Waals surface area contributed by atoms with Crippen LogP contribution in [-0.4, -0.2) is 39.9 Å². The van der Waals surface area contributed by atoms with Crippen LogP contribution < -0.4 is 15.4 Å². The molecule has 1 aromatic rings. The van der Waals surface area contributed by atoms with E-state index in [2.05, 4.69) is 33.8 Å². The first-order valence-corrected chi connectivity index (χ1v) is 10.4. The van der Waals surface area contributed by atoms with E-state index in [0.29, 0.717) is 12.0 Å². The Morgan fingerprint density at radius 1 is 1.19 bits per heavy atom. The van der Waals surface area contributed by atoms with Gasteiger partial charge in [0.1, 0.15) is 5.75 Å². The molecule has 5 nitrogen and oxygen atoms in total. The van der Waals surface area contributed by atoms with Crippen molar-refractivity contribution in [2.75, 3.05) is 33.9 Å². The topological polar surface area (TPSA) is 54.9 Å². The summed E-state index contributed by atoms with van der Waals surface area (Å²) < 4.78 is 11.4. The first kappa shape index (κ1) is 20.0. The van der Waals surface area contributed by atoms with Gasteiger partial charge in [-0.05, 0) is 49.5 Å². The fourth-order valence-corrected chi connectivity index (χ4v) is 3.91. The van der Waals surface area contributed by atoms with E-state index in [0.717, 1.165) is 43.8 Å². The molecule has 0 aromatic heterocycles. The molecule has 0 saturated heterocycles. The molecule has 0 amide bonds. The van der Waals surface area contributed by atoms with E-state index in [-0.39, 0.29) is 0 Å². The molecule has 150 valence electrons. The lowest BCUT2D eigenvalue weighted by atomic mass is 9.83. The van der Waals surface area contributed by atoms with Crippen LogP contribution in [0.2, 0.25) is 0 Å². The lowest BCUT2D eigenvalue weighted by molar-refractivity contribution is 0.138. The Morgan fingerprint density at radius 2 is 1.96 bits per heavy atom. The van der Waals surface area contributed by atoms with Gasteiger partial charge in [-0.15, -0.1) is 0 Å². The second-order valence-corrected chi connectivity index (χ2v) is 8.09. The molecule has 2 aliphatic carbocycles. The third kappa shape index (κ3) is 6.13. The van der Waals surface area contributed by atoms with E-state index >= 15 is 0 Å². The monoisotopic (exact) mass is 373 g/mol. The van der Waals surface area contributed by atoms with Gasteiger partial charge >= 0.3 is 0 Å². The average molecular weight is 374 g/mol. The van der Waals surface area contributed by atoms with Crippen LogP contribution in [0.15, 0.2) is 29.3 Å². The molecule has 27 heavy (non-hydrogen) atoms. The van der Waals surface area contributed by atoms with Gasteiger partial charge in [0, 0.05) is 39.4 Å². The third-order valence-electron chi connectivity index (χ3n) is 5.95. The van der Waals surface area contributed by atoms with Gasteiger partial charge in [-0.3, -0.25) is 4.99 Å². The summed E-state index contributed by atoms with van der Waals surface area (Å²) in [7, 11) is 3.63. The number of para-hydroxylation sites is 1. The molecule has 0 aliphatic heterocycles. The molecule has 0 bridgehead atoms. The molecule has 0 atom stereocenters. The van der Waals surface area contributed by atoms with E-state index in [1.54, 1.807) is 7.11 Å². The highest BCUT2D eigenvalue weighted by molar-refractivity contribution is 5.79. The number of benzene rings is 1. The summed E-state index contributed by atoms with van der Waals surface area (Å²) in [5, 5.41) is 7.01. The number of hydrogen-bond donors (Lipinski definition) is 2. The molecule has 2 aliphatic rings. The second kappa shape index (κ2) is 9.98. The summed E-state index contributed by atoms with van der Waals surface area (Å²) in [5.74, 6) is 2.60. The van der Waals surface area contributed by atoms with Gasteiger partial charge in [-0.1, -0.05) is 31.0 Å². The van der Waals surface area contributed by atoms with Crippen LogP contribution in [0.25, 0.3) is 0 Å². The molecule has 0 heterocycles. The van der Waals surface area contributed by atoms with Gasteiger partial charge in [-0.2, -0.15) is 0 Å². The fourth-order valence-electron chi connectivity index (χ4n) is 3.91. The maximum atomic E-state index is 6.01. The first-order chi connectivity index (χ1) is 13.2. The number of rotatable bonds is 10. The Morgan fingerprint density at radius 3 is 2.67 bits per heavy atom. The first-order valence-electron chi connectivity index (χ1n) is 10.4. The maximum Gasteiger partial charge on any atom is 0.191 e. The van der Waals surface area contributed by atoms with Crippen LogP contribution in [0.4, 0.5) is 0 Å². The van der Waals surface area contributed by atoms with E-state index in [1.807, 2.05) is 13.1 Å². The molecule has 0 unspecified atom stereocenters. The van der Waals surface area contributed by atoms with Crippen LogP contribution in [0.5, 0.6) is 5.75 Å².